The second-order valence-electron chi connectivity index (χ2n) is 7.35. The minimum absolute atomic E-state index is 0.394. The number of anilines is 2. The molecule has 0 bridgehead atoms. The van der Waals surface area contributed by atoms with Crippen molar-refractivity contribution in [2.75, 3.05) is 36.5 Å². The second kappa shape index (κ2) is 9.00. The third kappa shape index (κ3) is 5.19. The average Bonchev–Trinajstić information content (AvgIpc) is 2.72. The number of nitrogens with one attached hydrogen (secondary N) is 2. The van der Waals surface area contributed by atoms with Crippen molar-refractivity contribution in [3.8, 4) is 11.5 Å². The zero-order valence-electron chi connectivity index (χ0n) is 16.3. The van der Waals surface area contributed by atoms with Gasteiger partial charge in [0.05, 0.1) is 0 Å². The lowest BCUT2D eigenvalue weighted by atomic mass is 10.0. The topological polar surface area (TPSA) is 71.5 Å². The molecule has 0 aliphatic carbocycles. The Morgan fingerprint density at radius 1 is 1.24 bits per heavy atom. The van der Waals surface area contributed by atoms with E-state index in [9.17, 15) is 0 Å². The first-order valence-electron chi connectivity index (χ1n) is 9.80. The SMILES string of the molecule is C[C@H]1CCCN(c2cc(Cl)nc(NC(=S)NCc3ccc4c(c3)OCCO4)n2)C1. The molecule has 4 rings (SSSR count). The minimum Gasteiger partial charge on any atom is -0.486 e. The summed E-state index contributed by atoms with van der Waals surface area (Å²) in [5, 5.41) is 7.03. The maximum Gasteiger partial charge on any atom is 0.232 e. The summed E-state index contributed by atoms with van der Waals surface area (Å²) in [6.45, 7) is 5.89. The predicted octanol–water partition coefficient (Wildman–Crippen LogP) is 3.62. The van der Waals surface area contributed by atoms with Gasteiger partial charge in [0.25, 0.3) is 0 Å². The highest BCUT2D eigenvalue weighted by Crippen LogP contribution is 2.30. The molecule has 2 aromatic rings. The molecule has 9 heteroatoms. The van der Waals surface area contributed by atoms with E-state index in [4.69, 9.17) is 33.3 Å². The number of nitrogens with zero attached hydrogens (tertiary/aromatic N) is 3. The van der Waals surface area contributed by atoms with Crippen LogP contribution in [0.4, 0.5) is 11.8 Å². The third-order valence-corrected chi connectivity index (χ3v) is 5.39. The molecule has 3 heterocycles. The van der Waals surface area contributed by atoms with Gasteiger partial charge in [-0.1, -0.05) is 24.6 Å². The van der Waals surface area contributed by atoms with Crippen molar-refractivity contribution >= 4 is 40.7 Å². The molecule has 7 nitrogen and oxygen atoms in total. The van der Waals surface area contributed by atoms with Gasteiger partial charge in [-0.2, -0.15) is 4.98 Å². The van der Waals surface area contributed by atoms with E-state index < -0.39 is 0 Å². The molecular formula is C20H24ClN5O2S. The average molecular weight is 434 g/mol. The molecule has 1 aromatic heterocycles. The first-order chi connectivity index (χ1) is 14.1. The van der Waals surface area contributed by atoms with E-state index in [2.05, 4.69) is 32.4 Å². The fourth-order valence-electron chi connectivity index (χ4n) is 3.55. The molecule has 1 fully saturated rings. The van der Waals surface area contributed by atoms with Gasteiger partial charge in [0, 0.05) is 25.7 Å². The number of aromatic nitrogens is 2. The highest BCUT2D eigenvalue weighted by molar-refractivity contribution is 7.80. The Morgan fingerprint density at radius 2 is 2.07 bits per heavy atom. The quantitative estimate of drug-likeness (QED) is 0.559. The monoisotopic (exact) mass is 433 g/mol. The van der Waals surface area contributed by atoms with Crippen molar-refractivity contribution in [2.45, 2.75) is 26.3 Å². The maximum atomic E-state index is 6.22. The summed E-state index contributed by atoms with van der Waals surface area (Å²) >= 11 is 11.6. The first-order valence-corrected chi connectivity index (χ1v) is 10.6. The normalized spacial score (nSPS) is 18.3. The number of fused-ring (bicyclic) bond motifs is 1. The number of piperidine rings is 1. The molecule has 2 aliphatic heterocycles. The highest BCUT2D eigenvalue weighted by Gasteiger charge is 2.19. The van der Waals surface area contributed by atoms with Crippen LogP contribution in [0.25, 0.3) is 0 Å². The van der Waals surface area contributed by atoms with Crippen LogP contribution in [0.1, 0.15) is 25.3 Å². The molecular weight excluding hydrogens is 410 g/mol. The van der Waals surface area contributed by atoms with Crippen LogP contribution in [-0.4, -0.2) is 41.4 Å². The number of halogens is 1. The molecule has 1 atom stereocenters. The maximum absolute atomic E-state index is 6.22. The standard InChI is InChI=1S/C20H24ClN5O2S/c1-13-3-2-6-26(12-13)18-10-17(21)23-19(24-18)25-20(29)22-11-14-4-5-15-16(9-14)28-8-7-27-15/h4-5,9-10,13H,2-3,6-8,11-12H2,1H3,(H2,22,23,24,25,29)/t13-/m0/s1. The summed E-state index contributed by atoms with van der Waals surface area (Å²) in [5.74, 6) is 3.39. The van der Waals surface area contributed by atoms with Crippen LogP contribution in [0.3, 0.4) is 0 Å². The van der Waals surface area contributed by atoms with Crippen molar-refractivity contribution in [3.63, 3.8) is 0 Å². The van der Waals surface area contributed by atoms with Crippen LogP contribution in [0.5, 0.6) is 11.5 Å². The van der Waals surface area contributed by atoms with E-state index in [-0.39, 0.29) is 0 Å². The zero-order chi connectivity index (χ0) is 20.2. The molecule has 1 saturated heterocycles. The fraction of sp³-hybridized carbons (Fsp3) is 0.450. The molecule has 0 amide bonds. The van der Waals surface area contributed by atoms with Crippen molar-refractivity contribution in [3.05, 3.63) is 35.0 Å². The van der Waals surface area contributed by atoms with Crippen LogP contribution in [-0.2, 0) is 6.54 Å². The molecule has 29 heavy (non-hydrogen) atoms. The van der Waals surface area contributed by atoms with Gasteiger partial charge in [0.2, 0.25) is 5.95 Å². The zero-order valence-corrected chi connectivity index (χ0v) is 17.9. The van der Waals surface area contributed by atoms with Gasteiger partial charge in [-0.3, -0.25) is 0 Å². The van der Waals surface area contributed by atoms with Crippen LogP contribution in [0.2, 0.25) is 5.15 Å². The van der Waals surface area contributed by atoms with Crippen molar-refractivity contribution in [2.24, 2.45) is 5.92 Å². The van der Waals surface area contributed by atoms with E-state index in [1.165, 1.54) is 6.42 Å². The van der Waals surface area contributed by atoms with Crippen molar-refractivity contribution < 1.29 is 9.47 Å². The lowest BCUT2D eigenvalue weighted by Gasteiger charge is -2.32. The van der Waals surface area contributed by atoms with Gasteiger partial charge < -0.3 is 25.0 Å². The van der Waals surface area contributed by atoms with Gasteiger partial charge in [-0.05, 0) is 48.7 Å². The second-order valence-corrected chi connectivity index (χ2v) is 8.15. The molecule has 0 radical (unpaired) electrons. The number of hydrogen-bond donors (Lipinski definition) is 2. The highest BCUT2D eigenvalue weighted by atomic mass is 35.5. The number of hydrogen-bond acceptors (Lipinski definition) is 6. The Labute approximate surface area is 180 Å². The van der Waals surface area contributed by atoms with E-state index in [0.717, 1.165) is 42.4 Å². The molecule has 0 spiro atoms. The van der Waals surface area contributed by atoms with E-state index in [1.807, 2.05) is 18.2 Å². The van der Waals surface area contributed by atoms with Gasteiger partial charge >= 0.3 is 0 Å². The lowest BCUT2D eigenvalue weighted by Crippen LogP contribution is -2.35. The Balaban J connectivity index is 1.37. The van der Waals surface area contributed by atoms with Gasteiger partial charge in [-0.25, -0.2) is 4.98 Å². The molecule has 2 aliphatic rings. The lowest BCUT2D eigenvalue weighted by molar-refractivity contribution is 0.171. The number of rotatable bonds is 4. The Morgan fingerprint density at radius 3 is 2.90 bits per heavy atom. The molecule has 0 saturated carbocycles. The summed E-state index contributed by atoms with van der Waals surface area (Å²) in [6.07, 6.45) is 2.40. The predicted molar refractivity (Wildman–Crippen MR) is 118 cm³/mol. The van der Waals surface area contributed by atoms with Gasteiger partial charge in [-0.15, -0.1) is 0 Å². The molecule has 154 valence electrons. The first kappa shape index (κ1) is 20.0. The largest absolute Gasteiger partial charge is 0.486 e. The summed E-state index contributed by atoms with van der Waals surface area (Å²) in [7, 11) is 0. The molecule has 2 N–H and O–H groups in total. The summed E-state index contributed by atoms with van der Waals surface area (Å²) in [4.78, 5) is 11.1. The van der Waals surface area contributed by atoms with E-state index in [1.54, 1.807) is 6.07 Å². The van der Waals surface area contributed by atoms with Gasteiger partial charge in [0.1, 0.15) is 24.2 Å². The third-order valence-electron chi connectivity index (χ3n) is 4.95. The Hall–Kier alpha value is -2.32. The van der Waals surface area contributed by atoms with Gasteiger partial charge in [0.15, 0.2) is 16.6 Å². The summed E-state index contributed by atoms with van der Waals surface area (Å²) < 4.78 is 11.2. The van der Waals surface area contributed by atoms with Crippen LogP contribution >= 0.6 is 23.8 Å². The number of benzene rings is 1. The van der Waals surface area contributed by atoms with E-state index in [0.29, 0.717) is 41.9 Å². The summed E-state index contributed by atoms with van der Waals surface area (Å²) in [5.41, 5.74) is 1.04. The number of ether oxygens (including phenoxy) is 2. The van der Waals surface area contributed by atoms with Crippen LogP contribution in [0, 0.1) is 5.92 Å². The Bertz CT molecular complexity index is 897. The fourth-order valence-corrected chi connectivity index (χ4v) is 3.89. The van der Waals surface area contributed by atoms with E-state index >= 15 is 0 Å². The van der Waals surface area contributed by atoms with Crippen molar-refractivity contribution in [1.29, 1.82) is 0 Å². The molecule has 1 aromatic carbocycles. The van der Waals surface area contributed by atoms with Crippen LogP contribution in [0.15, 0.2) is 24.3 Å². The molecule has 0 unspecified atom stereocenters. The van der Waals surface area contributed by atoms with Crippen molar-refractivity contribution in [1.82, 2.24) is 15.3 Å². The minimum atomic E-state index is 0.394. The smallest absolute Gasteiger partial charge is 0.232 e. The Kier molecular flexibility index (Phi) is 6.20. The van der Waals surface area contributed by atoms with Crippen LogP contribution < -0.4 is 25.0 Å². The summed E-state index contributed by atoms with van der Waals surface area (Å²) in [6, 6.07) is 7.65. The number of thiocarbonyl (C=S) groups is 1.